The highest BCUT2D eigenvalue weighted by Gasteiger charge is 2.16. The number of carbonyl (C=O) groups excluding carboxylic acids is 1. The Labute approximate surface area is 169 Å². The van der Waals surface area contributed by atoms with Crippen molar-refractivity contribution in [1.29, 1.82) is 0 Å². The Hall–Kier alpha value is -3.92. The number of pyridine rings is 1. The molecule has 0 saturated heterocycles. The first-order valence-electron chi connectivity index (χ1n) is 9.38. The van der Waals surface area contributed by atoms with Crippen LogP contribution in [0.5, 0.6) is 5.88 Å². The monoisotopic (exact) mass is 380 g/mol. The van der Waals surface area contributed by atoms with E-state index in [4.69, 9.17) is 4.74 Å². The number of benzene rings is 3. The molecule has 0 atom stereocenters. The predicted molar refractivity (Wildman–Crippen MR) is 114 cm³/mol. The lowest BCUT2D eigenvalue weighted by Gasteiger charge is -2.19. The van der Waals surface area contributed by atoms with Crippen molar-refractivity contribution >= 4 is 11.6 Å². The Morgan fingerprint density at radius 1 is 0.724 bits per heavy atom. The number of amides is 1. The van der Waals surface area contributed by atoms with Crippen molar-refractivity contribution in [1.82, 2.24) is 4.98 Å². The number of anilines is 1. The third-order valence-electron chi connectivity index (χ3n) is 4.47. The lowest BCUT2D eigenvalue weighted by Crippen LogP contribution is -2.12. The zero-order chi connectivity index (χ0) is 19.9. The van der Waals surface area contributed by atoms with Gasteiger partial charge in [0, 0.05) is 11.6 Å². The molecule has 4 heteroatoms. The van der Waals surface area contributed by atoms with E-state index in [-0.39, 0.29) is 12.0 Å². The van der Waals surface area contributed by atoms with Gasteiger partial charge in [0.25, 0.3) is 5.91 Å². The minimum Gasteiger partial charge on any atom is -0.465 e. The van der Waals surface area contributed by atoms with Crippen LogP contribution in [-0.2, 0) is 0 Å². The van der Waals surface area contributed by atoms with Gasteiger partial charge in [-0.1, -0.05) is 78.9 Å². The van der Waals surface area contributed by atoms with Crippen LogP contribution in [0.15, 0.2) is 109 Å². The average Bonchev–Trinajstić information content (AvgIpc) is 2.80. The Kier molecular flexibility index (Phi) is 5.63. The number of hydrogen-bond acceptors (Lipinski definition) is 3. The van der Waals surface area contributed by atoms with Gasteiger partial charge in [0.15, 0.2) is 6.10 Å². The highest BCUT2D eigenvalue weighted by atomic mass is 16.5. The summed E-state index contributed by atoms with van der Waals surface area (Å²) in [7, 11) is 0. The summed E-state index contributed by atoms with van der Waals surface area (Å²) in [5, 5.41) is 2.85. The van der Waals surface area contributed by atoms with Gasteiger partial charge in [-0.25, -0.2) is 4.98 Å². The summed E-state index contributed by atoms with van der Waals surface area (Å²) in [5.74, 6) is 0.313. The molecule has 29 heavy (non-hydrogen) atoms. The summed E-state index contributed by atoms with van der Waals surface area (Å²) in [5.41, 5.74) is 3.30. The standard InChI is InChI=1S/C25H20N2O2/c28-25(21-14-8-3-9-15-21)27-22-16-17-23(26-18-22)29-24(19-10-4-1-5-11-19)20-12-6-2-7-13-20/h1-18,24H,(H,27,28). The van der Waals surface area contributed by atoms with Crippen LogP contribution in [0.25, 0.3) is 0 Å². The summed E-state index contributed by atoms with van der Waals surface area (Å²) in [4.78, 5) is 16.7. The van der Waals surface area contributed by atoms with Crippen LogP contribution in [-0.4, -0.2) is 10.9 Å². The van der Waals surface area contributed by atoms with Gasteiger partial charge >= 0.3 is 0 Å². The molecule has 0 aliphatic rings. The SMILES string of the molecule is O=C(Nc1ccc(OC(c2ccccc2)c2ccccc2)nc1)c1ccccc1. The van der Waals surface area contributed by atoms with E-state index in [0.717, 1.165) is 11.1 Å². The Morgan fingerprint density at radius 3 is 1.79 bits per heavy atom. The van der Waals surface area contributed by atoms with Crippen LogP contribution in [0, 0.1) is 0 Å². The fourth-order valence-electron chi connectivity index (χ4n) is 3.02. The minimum absolute atomic E-state index is 0.174. The molecule has 4 nitrogen and oxygen atoms in total. The molecular formula is C25H20N2O2. The molecule has 0 aliphatic carbocycles. The third kappa shape index (κ3) is 4.68. The van der Waals surface area contributed by atoms with Crippen molar-refractivity contribution in [2.45, 2.75) is 6.10 Å². The molecule has 0 aliphatic heterocycles. The maximum Gasteiger partial charge on any atom is 0.255 e. The molecule has 4 rings (SSSR count). The highest BCUT2D eigenvalue weighted by Crippen LogP contribution is 2.27. The van der Waals surface area contributed by atoms with Gasteiger partial charge in [0.1, 0.15) is 0 Å². The molecule has 0 bridgehead atoms. The molecule has 4 aromatic rings. The van der Waals surface area contributed by atoms with E-state index >= 15 is 0 Å². The Balaban J connectivity index is 1.51. The fourth-order valence-corrected chi connectivity index (χ4v) is 3.02. The van der Waals surface area contributed by atoms with E-state index in [1.807, 2.05) is 78.9 Å². The van der Waals surface area contributed by atoms with Gasteiger partial charge in [-0.05, 0) is 29.3 Å². The largest absolute Gasteiger partial charge is 0.465 e. The average molecular weight is 380 g/mol. The number of rotatable bonds is 6. The van der Waals surface area contributed by atoms with Crippen LogP contribution in [0.4, 0.5) is 5.69 Å². The zero-order valence-corrected chi connectivity index (χ0v) is 15.7. The lowest BCUT2D eigenvalue weighted by molar-refractivity contribution is 0.102. The maximum absolute atomic E-state index is 12.3. The summed E-state index contributed by atoms with van der Waals surface area (Å²) < 4.78 is 6.21. The fraction of sp³-hybridized carbons (Fsp3) is 0.0400. The molecule has 1 N–H and O–H groups in total. The van der Waals surface area contributed by atoms with Crippen molar-refractivity contribution in [3.63, 3.8) is 0 Å². The molecule has 0 spiro atoms. The van der Waals surface area contributed by atoms with Crippen molar-refractivity contribution in [3.8, 4) is 5.88 Å². The number of nitrogens with one attached hydrogen (secondary N) is 1. The van der Waals surface area contributed by atoms with Crippen LogP contribution >= 0.6 is 0 Å². The normalized spacial score (nSPS) is 10.5. The molecule has 1 amide bonds. The topological polar surface area (TPSA) is 51.2 Å². The molecule has 1 heterocycles. The first-order chi connectivity index (χ1) is 14.3. The van der Waals surface area contributed by atoms with Crippen molar-refractivity contribution in [2.24, 2.45) is 0 Å². The van der Waals surface area contributed by atoms with E-state index in [1.54, 1.807) is 30.5 Å². The molecule has 3 aromatic carbocycles. The van der Waals surface area contributed by atoms with Gasteiger partial charge in [-0.15, -0.1) is 0 Å². The molecule has 142 valence electrons. The molecular weight excluding hydrogens is 360 g/mol. The second kappa shape index (κ2) is 8.85. The Morgan fingerprint density at radius 2 is 1.28 bits per heavy atom. The third-order valence-corrected chi connectivity index (χ3v) is 4.47. The van der Waals surface area contributed by atoms with Gasteiger partial charge in [0.05, 0.1) is 11.9 Å². The second-order valence-corrected chi connectivity index (χ2v) is 6.52. The van der Waals surface area contributed by atoms with E-state index in [1.165, 1.54) is 0 Å². The molecule has 1 aromatic heterocycles. The lowest BCUT2D eigenvalue weighted by atomic mass is 10.0. The first-order valence-corrected chi connectivity index (χ1v) is 9.38. The quantitative estimate of drug-likeness (QED) is 0.480. The first kappa shape index (κ1) is 18.4. The summed E-state index contributed by atoms with van der Waals surface area (Å²) >= 11 is 0. The summed E-state index contributed by atoms with van der Waals surface area (Å²) in [6.07, 6.45) is 1.33. The van der Waals surface area contributed by atoms with Crippen molar-refractivity contribution < 1.29 is 9.53 Å². The molecule has 0 radical (unpaired) electrons. The van der Waals surface area contributed by atoms with Crippen LogP contribution < -0.4 is 10.1 Å². The number of carbonyl (C=O) groups is 1. The molecule has 0 unspecified atom stereocenters. The van der Waals surface area contributed by atoms with Gasteiger partial charge < -0.3 is 10.1 Å². The number of nitrogens with zero attached hydrogens (tertiary/aromatic N) is 1. The maximum atomic E-state index is 12.3. The second-order valence-electron chi connectivity index (χ2n) is 6.52. The van der Waals surface area contributed by atoms with Crippen LogP contribution in [0.1, 0.15) is 27.6 Å². The van der Waals surface area contributed by atoms with Crippen LogP contribution in [0.3, 0.4) is 0 Å². The summed E-state index contributed by atoms with van der Waals surface area (Å²) in [6.45, 7) is 0. The highest BCUT2D eigenvalue weighted by molar-refractivity contribution is 6.04. The van der Waals surface area contributed by atoms with E-state index in [2.05, 4.69) is 10.3 Å². The number of aromatic nitrogens is 1. The zero-order valence-electron chi connectivity index (χ0n) is 15.7. The van der Waals surface area contributed by atoms with Gasteiger partial charge in [-0.3, -0.25) is 4.79 Å². The minimum atomic E-state index is -0.269. The molecule has 0 fully saturated rings. The van der Waals surface area contributed by atoms with Gasteiger partial charge in [0.2, 0.25) is 5.88 Å². The molecule has 0 saturated carbocycles. The smallest absolute Gasteiger partial charge is 0.255 e. The van der Waals surface area contributed by atoms with E-state index < -0.39 is 0 Å². The summed E-state index contributed by atoms with van der Waals surface area (Å²) in [6, 6.07) is 32.7. The van der Waals surface area contributed by atoms with Gasteiger partial charge in [-0.2, -0.15) is 0 Å². The van der Waals surface area contributed by atoms with Crippen LogP contribution in [0.2, 0.25) is 0 Å². The van der Waals surface area contributed by atoms with E-state index in [9.17, 15) is 4.79 Å². The number of hydrogen-bond donors (Lipinski definition) is 1. The number of ether oxygens (including phenoxy) is 1. The van der Waals surface area contributed by atoms with Crippen molar-refractivity contribution in [3.05, 3.63) is 126 Å². The Bertz CT molecular complexity index is 1010. The van der Waals surface area contributed by atoms with E-state index in [0.29, 0.717) is 17.1 Å². The predicted octanol–water partition coefficient (Wildman–Crippen LogP) is 5.50. The van der Waals surface area contributed by atoms with Crippen molar-refractivity contribution in [2.75, 3.05) is 5.32 Å².